The fourth-order valence-corrected chi connectivity index (χ4v) is 2.69. The molecule has 0 bridgehead atoms. The highest BCUT2D eigenvalue weighted by atomic mass is 35.5. The minimum Gasteiger partial charge on any atom is -0.496 e. The van der Waals surface area contributed by atoms with Gasteiger partial charge < -0.3 is 10.1 Å². The van der Waals surface area contributed by atoms with Crippen LogP contribution < -0.4 is 10.1 Å². The monoisotopic (exact) mass is 331 g/mol. The fourth-order valence-electron chi connectivity index (χ4n) is 2.48. The van der Waals surface area contributed by atoms with Gasteiger partial charge in [-0.2, -0.15) is 0 Å². The Morgan fingerprint density at radius 1 is 1.17 bits per heavy atom. The predicted octanol–water partition coefficient (Wildman–Crippen LogP) is 3.95. The summed E-state index contributed by atoms with van der Waals surface area (Å²) in [5.41, 5.74) is 3.38. The number of carbonyl (C=O) groups excluding carboxylic acids is 1. The van der Waals surface area contributed by atoms with Gasteiger partial charge in [0, 0.05) is 18.0 Å². The second-order valence-corrected chi connectivity index (χ2v) is 5.98. The quantitative estimate of drug-likeness (QED) is 0.834. The largest absolute Gasteiger partial charge is 0.496 e. The number of rotatable bonds is 7. The van der Waals surface area contributed by atoms with Gasteiger partial charge in [-0.25, -0.2) is 0 Å². The standard InChI is InChI=1S/C19H22ClNO2/c1-14-6-8-18(23-2)16(12-14)10-11-21-19(22)9-7-15-4-3-5-17(20)13-15/h3-6,8,12-13H,7,9-11H2,1-2H3,(H,21,22). The van der Waals surface area contributed by atoms with Gasteiger partial charge in [-0.15, -0.1) is 0 Å². The maximum Gasteiger partial charge on any atom is 0.220 e. The molecule has 0 atom stereocenters. The predicted molar refractivity (Wildman–Crippen MR) is 94.2 cm³/mol. The van der Waals surface area contributed by atoms with Crippen LogP contribution in [-0.4, -0.2) is 19.6 Å². The van der Waals surface area contributed by atoms with E-state index in [4.69, 9.17) is 16.3 Å². The average molecular weight is 332 g/mol. The van der Waals surface area contributed by atoms with Crippen molar-refractivity contribution in [1.82, 2.24) is 5.32 Å². The third-order valence-electron chi connectivity index (χ3n) is 3.68. The number of halogens is 1. The van der Waals surface area contributed by atoms with E-state index in [0.717, 1.165) is 23.3 Å². The molecule has 0 unspecified atom stereocenters. The maximum atomic E-state index is 11.9. The van der Waals surface area contributed by atoms with Gasteiger partial charge in [-0.1, -0.05) is 41.4 Å². The molecule has 2 aromatic rings. The summed E-state index contributed by atoms with van der Waals surface area (Å²) in [5, 5.41) is 3.66. The molecular weight excluding hydrogens is 310 g/mol. The fraction of sp³-hybridized carbons (Fsp3) is 0.316. The lowest BCUT2D eigenvalue weighted by molar-refractivity contribution is -0.121. The lowest BCUT2D eigenvalue weighted by atomic mass is 10.1. The molecule has 0 aromatic heterocycles. The van der Waals surface area contributed by atoms with E-state index in [2.05, 4.69) is 11.4 Å². The first kappa shape index (κ1) is 17.4. The summed E-state index contributed by atoms with van der Waals surface area (Å²) >= 11 is 5.94. The first-order chi connectivity index (χ1) is 11.1. The molecule has 1 amide bonds. The van der Waals surface area contributed by atoms with Crippen LogP contribution in [0.5, 0.6) is 5.75 Å². The Kier molecular flexibility index (Phi) is 6.48. The van der Waals surface area contributed by atoms with Crippen molar-refractivity contribution < 1.29 is 9.53 Å². The topological polar surface area (TPSA) is 38.3 Å². The van der Waals surface area contributed by atoms with Crippen LogP contribution in [0.15, 0.2) is 42.5 Å². The maximum absolute atomic E-state index is 11.9. The van der Waals surface area contributed by atoms with E-state index in [0.29, 0.717) is 24.4 Å². The van der Waals surface area contributed by atoms with Crippen molar-refractivity contribution in [2.75, 3.05) is 13.7 Å². The summed E-state index contributed by atoms with van der Waals surface area (Å²) in [6, 6.07) is 13.7. The first-order valence-corrected chi connectivity index (χ1v) is 8.11. The van der Waals surface area contributed by atoms with Crippen molar-refractivity contribution in [2.45, 2.75) is 26.2 Å². The van der Waals surface area contributed by atoms with E-state index in [1.807, 2.05) is 43.3 Å². The molecule has 0 aliphatic rings. The van der Waals surface area contributed by atoms with Crippen LogP contribution in [0.3, 0.4) is 0 Å². The van der Waals surface area contributed by atoms with Gasteiger partial charge in [0.15, 0.2) is 0 Å². The summed E-state index contributed by atoms with van der Waals surface area (Å²) < 4.78 is 5.35. The van der Waals surface area contributed by atoms with Crippen LogP contribution in [0.2, 0.25) is 5.02 Å². The van der Waals surface area contributed by atoms with E-state index >= 15 is 0 Å². The number of aryl methyl sites for hydroxylation is 2. The van der Waals surface area contributed by atoms with Gasteiger partial charge in [-0.05, 0) is 49.1 Å². The van der Waals surface area contributed by atoms with Crippen LogP contribution in [-0.2, 0) is 17.6 Å². The molecule has 23 heavy (non-hydrogen) atoms. The first-order valence-electron chi connectivity index (χ1n) is 7.73. The average Bonchev–Trinajstić information content (AvgIpc) is 2.53. The van der Waals surface area contributed by atoms with Gasteiger partial charge in [0.25, 0.3) is 0 Å². The van der Waals surface area contributed by atoms with E-state index < -0.39 is 0 Å². The Balaban J connectivity index is 1.78. The van der Waals surface area contributed by atoms with Crippen LogP contribution in [0.1, 0.15) is 23.1 Å². The molecule has 0 radical (unpaired) electrons. The second-order valence-electron chi connectivity index (χ2n) is 5.55. The van der Waals surface area contributed by atoms with Crippen LogP contribution in [0.25, 0.3) is 0 Å². The lowest BCUT2D eigenvalue weighted by Gasteiger charge is -2.10. The lowest BCUT2D eigenvalue weighted by Crippen LogP contribution is -2.26. The highest BCUT2D eigenvalue weighted by Gasteiger charge is 2.06. The molecule has 0 aliphatic heterocycles. The van der Waals surface area contributed by atoms with Crippen molar-refractivity contribution in [3.8, 4) is 5.75 Å². The van der Waals surface area contributed by atoms with Crippen molar-refractivity contribution in [2.24, 2.45) is 0 Å². The third kappa shape index (κ3) is 5.61. The van der Waals surface area contributed by atoms with Gasteiger partial charge >= 0.3 is 0 Å². The zero-order valence-corrected chi connectivity index (χ0v) is 14.3. The number of hydrogen-bond acceptors (Lipinski definition) is 2. The number of benzene rings is 2. The molecule has 2 rings (SSSR count). The molecule has 122 valence electrons. The summed E-state index contributed by atoms with van der Waals surface area (Å²) in [6.45, 7) is 2.65. The van der Waals surface area contributed by atoms with E-state index in [1.54, 1.807) is 7.11 Å². The van der Waals surface area contributed by atoms with Crippen molar-refractivity contribution >= 4 is 17.5 Å². The molecule has 4 heteroatoms. The van der Waals surface area contributed by atoms with Gasteiger partial charge in [0.05, 0.1) is 7.11 Å². The highest BCUT2D eigenvalue weighted by Crippen LogP contribution is 2.19. The van der Waals surface area contributed by atoms with Crippen molar-refractivity contribution in [3.63, 3.8) is 0 Å². The highest BCUT2D eigenvalue weighted by molar-refractivity contribution is 6.30. The number of nitrogens with one attached hydrogen (secondary N) is 1. The zero-order chi connectivity index (χ0) is 16.7. The van der Waals surface area contributed by atoms with Gasteiger partial charge in [0.1, 0.15) is 5.75 Å². The Morgan fingerprint density at radius 2 is 2.00 bits per heavy atom. The Bertz CT molecular complexity index is 670. The number of amides is 1. The molecule has 0 saturated carbocycles. The summed E-state index contributed by atoms with van der Waals surface area (Å²) in [7, 11) is 1.66. The second kappa shape index (κ2) is 8.59. The molecule has 3 nitrogen and oxygen atoms in total. The Morgan fingerprint density at radius 3 is 2.74 bits per heavy atom. The molecule has 0 heterocycles. The summed E-state index contributed by atoms with van der Waals surface area (Å²) in [5.74, 6) is 0.917. The smallest absolute Gasteiger partial charge is 0.220 e. The SMILES string of the molecule is COc1ccc(C)cc1CCNC(=O)CCc1cccc(Cl)c1. The Hall–Kier alpha value is -2.00. The number of carbonyl (C=O) groups is 1. The number of ether oxygens (including phenoxy) is 1. The molecule has 1 N–H and O–H groups in total. The molecule has 0 spiro atoms. The normalized spacial score (nSPS) is 10.4. The molecule has 0 saturated heterocycles. The number of hydrogen-bond donors (Lipinski definition) is 1. The van der Waals surface area contributed by atoms with Crippen LogP contribution in [0.4, 0.5) is 0 Å². The Labute approximate surface area is 142 Å². The minimum absolute atomic E-state index is 0.0524. The molecular formula is C19H22ClNO2. The van der Waals surface area contributed by atoms with Gasteiger partial charge in [0.2, 0.25) is 5.91 Å². The van der Waals surface area contributed by atoms with E-state index in [1.165, 1.54) is 5.56 Å². The molecule has 2 aromatic carbocycles. The van der Waals surface area contributed by atoms with E-state index in [9.17, 15) is 4.79 Å². The van der Waals surface area contributed by atoms with Gasteiger partial charge in [-0.3, -0.25) is 4.79 Å². The van der Waals surface area contributed by atoms with Crippen LogP contribution >= 0.6 is 11.6 Å². The van der Waals surface area contributed by atoms with Crippen molar-refractivity contribution in [3.05, 3.63) is 64.2 Å². The van der Waals surface area contributed by atoms with E-state index in [-0.39, 0.29) is 5.91 Å². The van der Waals surface area contributed by atoms with Crippen molar-refractivity contribution in [1.29, 1.82) is 0 Å². The summed E-state index contributed by atoms with van der Waals surface area (Å²) in [6.07, 6.45) is 1.92. The third-order valence-corrected chi connectivity index (χ3v) is 3.92. The molecule has 0 aliphatic carbocycles. The zero-order valence-electron chi connectivity index (χ0n) is 13.6. The minimum atomic E-state index is 0.0524. The molecule has 0 fully saturated rings. The number of methoxy groups -OCH3 is 1. The summed E-state index contributed by atoms with van der Waals surface area (Å²) in [4.78, 5) is 11.9. The van der Waals surface area contributed by atoms with Crippen LogP contribution in [0, 0.1) is 6.92 Å².